The lowest BCUT2D eigenvalue weighted by atomic mass is 10.0. The Morgan fingerprint density at radius 1 is 1.24 bits per heavy atom. The molecule has 2 nitrogen and oxygen atoms in total. The highest BCUT2D eigenvalue weighted by Gasteiger charge is 2.17. The molecule has 1 aromatic carbocycles. The van der Waals surface area contributed by atoms with E-state index >= 15 is 0 Å². The first-order chi connectivity index (χ1) is 10.0. The van der Waals surface area contributed by atoms with Crippen molar-refractivity contribution in [2.24, 2.45) is 5.73 Å². The van der Waals surface area contributed by atoms with Crippen molar-refractivity contribution in [2.75, 3.05) is 13.6 Å². The van der Waals surface area contributed by atoms with Crippen molar-refractivity contribution in [1.82, 2.24) is 4.90 Å². The molecule has 0 aliphatic heterocycles. The Balaban J connectivity index is 1.94. The zero-order valence-corrected chi connectivity index (χ0v) is 13.0. The molecule has 2 rings (SSSR count). The first kappa shape index (κ1) is 16.1. The molecule has 0 saturated heterocycles. The topological polar surface area (TPSA) is 29.3 Å². The van der Waals surface area contributed by atoms with Gasteiger partial charge in [0.2, 0.25) is 0 Å². The molecule has 2 atom stereocenters. The standard InChI is InChI=1S/C16H20F2N2S/c1-11(15-7-4-10-21-15)20(2)9-8-14(19)12-5-3-6-13(17)16(12)18/h3-7,10-11,14H,8-9,19H2,1-2H3. The van der Waals surface area contributed by atoms with Crippen molar-refractivity contribution in [3.8, 4) is 0 Å². The van der Waals surface area contributed by atoms with Crippen molar-refractivity contribution in [1.29, 1.82) is 0 Å². The Labute approximate surface area is 128 Å². The van der Waals surface area contributed by atoms with E-state index in [4.69, 9.17) is 5.73 Å². The minimum Gasteiger partial charge on any atom is -0.324 e. The summed E-state index contributed by atoms with van der Waals surface area (Å²) in [6.07, 6.45) is 0.576. The molecule has 2 unspecified atom stereocenters. The van der Waals surface area contributed by atoms with E-state index in [-0.39, 0.29) is 11.6 Å². The van der Waals surface area contributed by atoms with Crippen LogP contribution in [0.1, 0.15) is 35.9 Å². The van der Waals surface area contributed by atoms with Crippen molar-refractivity contribution < 1.29 is 8.78 Å². The SMILES string of the molecule is CC(c1cccs1)N(C)CCC(N)c1cccc(F)c1F. The van der Waals surface area contributed by atoms with Crippen molar-refractivity contribution in [3.05, 3.63) is 57.8 Å². The molecule has 0 bridgehead atoms. The summed E-state index contributed by atoms with van der Waals surface area (Å²) in [6, 6.07) is 8.05. The molecule has 114 valence electrons. The molecule has 5 heteroatoms. The first-order valence-electron chi connectivity index (χ1n) is 6.94. The fourth-order valence-electron chi connectivity index (χ4n) is 2.24. The van der Waals surface area contributed by atoms with Gasteiger partial charge in [-0.2, -0.15) is 0 Å². The third kappa shape index (κ3) is 3.87. The zero-order valence-electron chi connectivity index (χ0n) is 12.2. The lowest BCUT2D eigenvalue weighted by Gasteiger charge is -2.25. The number of halogens is 2. The Morgan fingerprint density at radius 3 is 2.67 bits per heavy atom. The molecular weight excluding hydrogens is 290 g/mol. The number of nitrogens with two attached hydrogens (primary N) is 1. The van der Waals surface area contributed by atoms with E-state index in [2.05, 4.69) is 17.9 Å². The zero-order chi connectivity index (χ0) is 15.4. The Morgan fingerprint density at radius 2 is 2.00 bits per heavy atom. The van der Waals surface area contributed by atoms with E-state index < -0.39 is 17.7 Å². The highest BCUT2D eigenvalue weighted by atomic mass is 32.1. The summed E-state index contributed by atoms with van der Waals surface area (Å²) in [7, 11) is 2.01. The summed E-state index contributed by atoms with van der Waals surface area (Å²) in [4.78, 5) is 3.45. The molecule has 1 aromatic heterocycles. The summed E-state index contributed by atoms with van der Waals surface area (Å²) < 4.78 is 26.9. The van der Waals surface area contributed by atoms with Gasteiger partial charge in [0.15, 0.2) is 11.6 Å². The van der Waals surface area contributed by atoms with Gasteiger partial charge < -0.3 is 5.73 Å². The molecule has 1 heterocycles. The molecule has 21 heavy (non-hydrogen) atoms. The number of hydrogen-bond acceptors (Lipinski definition) is 3. The number of nitrogens with zero attached hydrogens (tertiary/aromatic N) is 1. The lowest BCUT2D eigenvalue weighted by molar-refractivity contribution is 0.254. The van der Waals surface area contributed by atoms with Gasteiger partial charge in [-0.1, -0.05) is 18.2 Å². The summed E-state index contributed by atoms with van der Waals surface area (Å²) >= 11 is 1.71. The van der Waals surface area contributed by atoms with Gasteiger partial charge in [-0.25, -0.2) is 8.78 Å². The quantitative estimate of drug-likeness (QED) is 0.870. The van der Waals surface area contributed by atoms with Crippen molar-refractivity contribution >= 4 is 11.3 Å². The summed E-state index contributed by atoms with van der Waals surface area (Å²) in [5.41, 5.74) is 6.24. The predicted molar refractivity (Wildman–Crippen MR) is 83.3 cm³/mol. The van der Waals surface area contributed by atoms with Crippen molar-refractivity contribution in [3.63, 3.8) is 0 Å². The number of benzene rings is 1. The molecule has 0 amide bonds. The van der Waals surface area contributed by atoms with Crippen LogP contribution in [0.4, 0.5) is 8.78 Å². The van der Waals surface area contributed by atoms with Crippen LogP contribution < -0.4 is 5.73 Å². The maximum Gasteiger partial charge on any atom is 0.163 e. The summed E-state index contributed by atoms with van der Waals surface area (Å²) in [5, 5.41) is 2.05. The smallest absolute Gasteiger partial charge is 0.163 e. The Bertz CT molecular complexity index is 572. The van der Waals surface area contributed by atoms with Gasteiger partial charge in [0.1, 0.15) is 0 Å². The van der Waals surface area contributed by atoms with Crippen LogP contribution in [0.5, 0.6) is 0 Å². The molecule has 2 aromatic rings. The molecule has 2 N–H and O–H groups in total. The van der Waals surface area contributed by atoms with Gasteiger partial charge in [-0.05, 0) is 37.9 Å². The molecular formula is C16H20F2N2S. The Hall–Kier alpha value is -1.30. The van der Waals surface area contributed by atoms with Gasteiger partial charge in [0.05, 0.1) is 0 Å². The maximum atomic E-state index is 13.7. The van der Waals surface area contributed by atoms with E-state index in [1.165, 1.54) is 10.9 Å². The minimum absolute atomic E-state index is 0.243. The largest absolute Gasteiger partial charge is 0.324 e. The van der Waals surface area contributed by atoms with Gasteiger partial charge in [0.25, 0.3) is 0 Å². The lowest BCUT2D eigenvalue weighted by Crippen LogP contribution is -2.26. The van der Waals surface area contributed by atoms with Crippen LogP contribution in [0, 0.1) is 11.6 Å². The van der Waals surface area contributed by atoms with E-state index in [0.717, 1.165) is 12.6 Å². The van der Waals surface area contributed by atoms with Gasteiger partial charge in [0, 0.05) is 29.1 Å². The van der Waals surface area contributed by atoms with Crippen LogP contribution in [0.15, 0.2) is 35.7 Å². The Kier molecular flexibility index (Phi) is 5.45. The van der Waals surface area contributed by atoms with Crippen LogP contribution in [0.25, 0.3) is 0 Å². The average molecular weight is 310 g/mol. The monoisotopic (exact) mass is 310 g/mol. The normalized spacial score (nSPS) is 14.4. The minimum atomic E-state index is -0.844. The van der Waals surface area contributed by atoms with Gasteiger partial charge in [-0.15, -0.1) is 11.3 Å². The summed E-state index contributed by atoms with van der Waals surface area (Å²) in [6.45, 7) is 2.84. The van der Waals surface area contributed by atoms with E-state index in [1.807, 2.05) is 18.5 Å². The van der Waals surface area contributed by atoms with Gasteiger partial charge >= 0.3 is 0 Å². The maximum absolute atomic E-state index is 13.7. The molecule has 0 aliphatic carbocycles. The van der Waals surface area contributed by atoms with Gasteiger partial charge in [-0.3, -0.25) is 4.90 Å². The second-order valence-electron chi connectivity index (χ2n) is 5.21. The molecule has 0 aliphatic rings. The number of thiophene rings is 1. The summed E-state index contributed by atoms with van der Waals surface area (Å²) in [5.74, 6) is -1.68. The molecule has 0 radical (unpaired) electrons. The van der Waals surface area contributed by atoms with E-state index in [1.54, 1.807) is 17.4 Å². The average Bonchev–Trinajstić information content (AvgIpc) is 3.00. The molecule has 0 spiro atoms. The van der Waals surface area contributed by atoms with Crippen LogP contribution >= 0.6 is 11.3 Å². The fourth-order valence-corrected chi connectivity index (χ4v) is 3.09. The van der Waals surface area contributed by atoms with Crippen molar-refractivity contribution in [2.45, 2.75) is 25.4 Å². The van der Waals surface area contributed by atoms with Crippen LogP contribution in [-0.2, 0) is 0 Å². The molecule has 0 saturated carbocycles. The third-order valence-electron chi connectivity index (χ3n) is 3.79. The number of rotatable bonds is 6. The van der Waals surface area contributed by atoms with Crippen LogP contribution in [-0.4, -0.2) is 18.5 Å². The van der Waals surface area contributed by atoms with Crippen LogP contribution in [0.3, 0.4) is 0 Å². The first-order valence-corrected chi connectivity index (χ1v) is 7.81. The highest BCUT2D eigenvalue weighted by molar-refractivity contribution is 7.10. The van der Waals surface area contributed by atoms with E-state index in [9.17, 15) is 8.78 Å². The molecule has 0 fully saturated rings. The second kappa shape index (κ2) is 7.11. The third-order valence-corrected chi connectivity index (χ3v) is 4.83. The number of hydrogen-bond donors (Lipinski definition) is 1. The highest BCUT2D eigenvalue weighted by Crippen LogP contribution is 2.25. The predicted octanol–water partition coefficient (Wildman–Crippen LogP) is 4.11. The van der Waals surface area contributed by atoms with Crippen LogP contribution in [0.2, 0.25) is 0 Å². The van der Waals surface area contributed by atoms with E-state index in [0.29, 0.717) is 6.42 Å². The fraction of sp³-hybridized carbons (Fsp3) is 0.375. The second-order valence-corrected chi connectivity index (χ2v) is 6.19.